The minimum absolute atomic E-state index is 0.0811. The van der Waals surface area contributed by atoms with Crippen molar-refractivity contribution < 1.29 is 18.3 Å². The number of thiol groups is 2. The smallest absolute Gasteiger partial charge is 0.303 e. The molecule has 0 aliphatic rings. The summed E-state index contributed by atoms with van der Waals surface area (Å²) < 4.78 is 9.23. The average molecular weight is 212 g/mol. The number of rotatable bonds is 7. The third-order valence-corrected chi connectivity index (χ3v) is 1.84. The molecule has 0 fully saturated rings. The molecule has 0 aromatic heterocycles. The minimum Gasteiger partial charge on any atom is -0.481 e. The Bertz CT molecular complexity index is 131. The van der Waals surface area contributed by atoms with Gasteiger partial charge in [0.05, 0.1) is 12.7 Å². The first-order chi connectivity index (χ1) is 5.70. The zero-order chi connectivity index (χ0) is 9.40. The Morgan fingerprint density at radius 2 is 2.08 bits per heavy atom. The quantitative estimate of drug-likeness (QED) is 0.440. The van der Waals surface area contributed by atoms with Gasteiger partial charge in [-0.25, -0.2) is 0 Å². The highest BCUT2D eigenvalue weighted by molar-refractivity contribution is 7.75. The van der Waals surface area contributed by atoms with Crippen molar-refractivity contribution in [3.05, 3.63) is 0 Å². The van der Waals surface area contributed by atoms with E-state index in [1.54, 1.807) is 0 Å². The van der Waals surface area contributed by atoms with E-state index < -0.39 is 5.97 Å². The molecule has 72 valence electrons. The van der Waals surface area contributed by atoms with Gasteiger partial charge in [0.2, 0.25) is 0 Å². The summed E-state index contributed by atoms with van der Waals surface area (Å²) in [6.07, 6.45) is 0.935. The fourth-order valence-electron chi connectivity index (χ4n) is 0.718. The predicted octanol–water partition coefficient (Wildman–Crippen LogP) is 1.33. The summed E-state index contributed by atoms with van der Waals surface area (Å²) in [5.41, 5.74) is 0. The molecule has 0 aliphatic heterocycles. The van der Waals surface area contributed by atoms with Crippen LogP contribution >= 0.6 is 25.8 Å². The molecule has 0 aliphatic carbocycles. The van der Waals surface area contributed by atoms with E-state index in [2.05, 4.69) is 30.0 Å². The molecule has 0 saturated heterocycles. The van der Waals surface area contributed by atoms with Crippen molar-refractivity contribution in [1.82, 2.24) is 0 Å². The Kier molecular flexibility index (Phi) is 7.78. The summed E-state index contributed by atoms with van der Waals surface area (Å²) in [6, 6.07) is 0. The van der Waals surface area contributed by atoms with Crippen molar-refractivity contribution in [1.29, 1.82) is 0 Å². The lowest BCUT2D eigenvalue weighted by molar-refractivity contribution is -0.137. The molecule has 0 amide bonds. The van der Waals surface area contributed by atoms with Gasteiger partial charge >= 0.3 is 5.97 Å². The second kappa shape index (κ2) is 7.72. The van der Waals surface area contributed by atoms with E-state index in [0.717, 1.165) is 0 Å². The van der Waals surface area contributed by atoms with Gasteiger partial charge in [-0.15, -0.1) is 0 Å². The number of carboxylic acid groups (broad SMARTS) is 1. The summed E-state index contributed by atoms with van der Waals surface area (Å²) in [5, 5.41) is 8.36. The van der Waals surface area contributed by atoms with Crippen molar-refractivity contribution in [2.24, 2.45) is 0 Å². The Balaban J connectivity index is 3.45. The van der Waals surface area contributed by atoms with Gasteiger partial charge in [0.25, 0.3) is 0 Å². The van der Waals surface area contributed by atoms with E-state index in [1.165, 1.54) is 0 Å². The maximum Gasteiger partial charge on any atom is 0.303 e. The molecule has 1 unspecified atom stereocenters. The van der Waals surface area contributed by atoms with Gasteiger partial charge in [0, 0.05) is 6.42 Å². The molecule has 0 spiro atoms. The molecule has 1 N–H and O–H groups in total. The molecule has 1 atom stereocenters. The number of hydrogen-bond donors (Lipinski definition) is 3. The summed E-state index contributed by atoms with van der Waals surface area (Å²) in [5.74, 6) is -0.836. The van der Waals surface area contributed by atoms with Gasteiger partial charge < -0.3 is 13.5 Å². The Morgan fingerprint density at radius 3 is 2.50 bits per heavy atom. The largest absolute Gasteiger partial charge is 0.481 e. The van der Waals surface area contributed by atoms with E-state index in [9.17, 15) is 4.79 Å². The first-order valence-corrected chi connectivity index (χ1v) is 4.22. The van der Waals surface area contributed by atoms with Crippen molar-refractivity contribution in [2.45, 2.75) is 25.4 Å². The average Bonchev–Trinajstić information content (AvgIpc) is 2.05. The minimum atomic E-state index is -0.836. The SMILES string of the molecule is O=C(O)CCC(CCOS)OS. The van der Waals surface area contributed by atoms with Gasteiger partial charge in [-0.05, 0) is 38.7 Å². The van der Waals surface area contributed by atoms with Crippen LogP contribution in [0.4, 0.5) is 0 Å². The summed E-state index contributed by atoms with van der Waals surface area (Å²) >= 11 is 7.16. The number of carboxylic acids is 1. The molecular weight excluding hydrogens is 200 g/mol. The van der Waals surface area contributed by atoms with Crippen LogP contribution in [0.15, 0.2) is 0 Å². The van der Waals surface area contributed by atoms with Crippen LogP contribution in [0.5, 0.6) is 0 Å². The second-order valence-electron chi connectivity index (χ2n) is 2.28. The van der Waals surface area contributed by atoms with E-state index >= 15 is 0 Å². The summed E-state index contributed by atoms with van der Waals surface area (Å²) in [4.78, 5) is 10.2. The molecule has 4 nitrogen and oxygen atoms in total. The van der Waals surface area contributed by atoms with Crippen LogP contribution in [0.1, 0.15) is 19.3 Å². The van der Waals surface area contributed by atoms with Crippen LogP contribution in [0, 0.1) is 0 Å². The molecule has 0 aromatic rings. The van der Waals surface area contributed by atoms with Crippen LogP contribution < -0.4 is 0 Å². The molecule has 12 heavy (non-hydrogen) atoms. The van der Waals surface area contributed by atoms with Gasteiger partial charge in [-0.3, -0.25) is 4.79 Å². The van der Waals surface area contributed by atoms with Crippen LogP contribution in [0.3, 0.4) is 0 Å². The third-order valence-electron chi connectivity index (χ3n) is 1.36. The zero-order valence-corrected chi connectivity index (χ0v) is 8.26. The second-order valence-corrected chi connectivity index (χ2v) is 2.75. The summed E-state index contributed by atoms with van der Waals surface area (Å²) in [7, 11) is 0. The standard InChI is InChI=1S/C6H12O4S2/c7-6(8)2-1-5(10-12)3-4-9-11/h5,11-12H,1-4H2,(H,7,8). The number of hydrogen-bond acceptors (Lipinski definition) is 5. The summed E-state index contributed by atoms with van der Waals surface area (Å²) in [6.45, 7) is 0.425. The first-order valence-electron chi connectivity index (χ1n) is 3.49. The molecule has 0 radical (unpaired) electrons. The molecule has 0 rings (SSSR count). The van der Waals surface area contributed by atoms with Crippen LogP contribution in [-0.2, 0) is 13.2 Å². The lowest BCUT2D eigenvalue weighted by Crippen LogP contribution is -2.12. The molecule has 0 heterocycles. The van der Waals surface area contributed by atoms with Gasteiger partial charge in [-0.2, -0.15) is 0 Å². The number of aliphatic carboxylic acids is 1. The topological polar surface area (TPSA) is 55.8 Å². The number of carbonyl (C=O) groups is 1. The molecule has 0 bridgehead atoms. The van der Waals surface area contributed by atoms with Crippen molar-refractivity contribution in [2.75, 3.05) is 6.61 Å². The van der Waals surface area contributed by atoms with Gasteiger partial charge in [0.15, 0.2) is 0 Å². The fraction of sp³-hybridized carbons (Fsp3) is 0.833. The molecule has 0 aromatic carbocycles. The van der Waals surface area contributed by atoms with E-state index in [4.69, 9.17) is 9.29 Å². The Labute approximate surface area is 82.5 Å². The molecule has 6 heteroatoms. The van der Waals surface area contributed by atoms with Crippen molar-refractivity contribution in [3.63, 3.8) is 0 Å². The maximum absolute atomic E-state index is 10.2. The highest BCUT2D eigenvalue weighted by atomic mass is 32.1. The molecular formula is C6H12O4S2. The van der Waals surface area contributed by atoms with E-state index in [0.29, 0.717) is 19.4 Å². The lowest BCUT2D eigenvalue weighted by Gasteiger charge is -2.11. The van der Waals surface area contributed by atoms with E-state index in [-0.39, 0.29) is 12.5 Å². The van der Waals surface area contributed by atoms with Gasteiger partial charge in [0.1, 0.15) is 0 Å². The first kappa shape index (κ1) is 12.1. The van der Waals surface area contributed by atoms with Crippen LogP contribution in [0.25, 0.3) is 0 Å². The Hall–Kier alpha value is 0.0900. The predicted molar refractivity (Wildman–Crippen MR) is 50.3 cm³/mol. The third kappa shape index (κ3) is 6.78. The fourth-order valence-corrected chi connectivity index (χ4v) is 1.03. The van der Waals surface area contributed by atoms with Crippen molar-refractivity contribution in [3.8, 4) is 0 Å². The normalized spacial score (nSPS) is 12.8. The van der Waals surface area contributed by atoms with E-state index in [1.807, 2.05) is 0 Å². The molecule has 0 saturated carbocycles. The van der Waals surface area contributed by atoms with Crippen LogP contribution in [-0.4, -0.2) is 23.8 Å². The monoisotopic (exact) mass is 212 g/mol. The maximum atomic E-state index is 10.2. The zero-order valence-electron chi connectivity index (χ0n) is 6.47. The van der Waals surface area contributed by atoms with Crippen LogP contribution in [0.2, 0.25) is 0 Å². The van der Waals surface area contributed by atoms with Crippen molar-refractivity contribution >= 4 is 31.8 Å². The Morgan fingerprint density at radius 1 is 1.42 bits per heavy atom. The highest BCUT2D eigenvalue weighted by Crippen LogP contribution is 2.09. The highest BCUT2D eigenvalue weighted by Gasteiger charge is 2.09. The van der Waals surface area contributed by atoms with Gasteiger partial charge in [-0.1, -0.05) is 0 Å². The lowest BCUT2D eigenvalue weighted by atomic mass is 10.1.